The van der Waals surface area contributed by atoms with E-state index >= 15 is 0 Å². The number of nitrogens with two attached hydrogens (primary N) is 1. The lowest BCUT2D eigenvalue weighted by molar-refractivity contribution is -0.0379. The molecule has 0 aliphatic rings. The third-order valence-corrected chi connectivity index (χ3v) is 2.18. The Morgan fingerprint density at radius 1 is 1.33 bits per heavy atom. The van der Waals surface area contributed by atoms with Gasteiger partial charge in [-0.3, -0.25) is 0 Å². The average molecular weight is 231 g/mol. The molecule has 0 fully saturated rings. The van der Waals surface area contributed by atoms with Gasteiger partial charge in [0.15, 0.2) is 0 Å². The Morgan fingerprint density at radius 3 is 2.60 bits per heavy atom. The highest BCUT2D eigenvalue weighted by Gasteiger charge is 2.09. The van der Waals surface area contributed by atoms with Crippen LogP contribution in [0.5, 0.6) is 0 Å². The molecule has 0 radical (unpaired) electrons. The zero-order valence-electron chi connectivity index (χ0n) is 9.32. The van der Waals surface area contributed by atoms with Gasteiger partial charge in [0.1, 0.15) is 10.7 Å². The van der Waals surface area contributed by atoms with Gasteiger partial charge >= 0.3 is 0 Å². The van der Waals surface area contributed by atoms with Crippen molar-refractivity contribution in [2.24, 2.45) is 0 Å². The normalized spacial score (nSPS) is 11.9. The highest BCUT2D eigenvalue weighted by Crippen LogP contribution is 2.13. The van der Waals surface area contributed by atoms with Gasteiger partial charge in [-0.15, -0.1) is 5.10 Å². The first-order valence-electron chi connectivity index (χ1n) is 4.77. The molecule has 0 bridgehead atoms. The van der Waals surface area contributed by atoms with E-state index in [2.05, 4.69) is 9.59 Å². The molecule has 1 heterocycles. The van der Waals surface area contributed by atoms with Gasteiger partial charge in [-0.05, 0) is 20.8 Å². The topological polar surface area (TPSA) is 70.3 Å². The molecular formula is C9H17N3O2S. The molecule has 1 aromatic heterocycles. The van der Waals surface area contributed by atoms with Crippen LogP contribution in [0, 0.1) is 0 Å². The molecule has 15 heavy (non-hydrogen) atoms. The van der Waals surface area contributed by atoms with E-state index in [0.29, 0.717) is 30.5 Å². The van der Waals surface area contributed by atoms with Crippen LogP contribution in [0.25, 0.3) is 0 Å². The lowest BCUT2D eigenvalue weighted by Crippen LogP contribution is -2.21. The summed E-state index contributed by atoms with van der Waals surface area (Å²) in [7, 11) is 0. The van der Waals surface area contributed by atoms with E-state index < -0.39 is 0 Å². The quantitative estimate of drug-likeness (QED) is 0.777. The van der Waals surface area contributed by atoms with Crippen LogP contribution >= 0.6 is 11.5 Å². The monoisotopic (exact) mass is 231 g/mol. The Bertz CT molecular complexity index is 296. The molecule has 0 aromatic carbocycles. The second-order valence-electron chi connectivity index (χ2n) is 4.10. The molecule has 0 saturated heterocycles. The summed E-state index contributed by atoms with van der Waals surface area (Å²) in [6, 6.07) is 0. The lowest BCUT2D eigenvalue weighted by atomic mass is 10.2. The Labute approximate surface area is 93.7 Å². The largest absolute Gasteiger partial charge is 0.388 e. The van der Waals surface area contributed by atoms with Crippen LogP contribution in [0.3, 0.4) is 0 Å². The first kappa shape index (κ1) is 12.4. The van der Waals surface area contributed by atoms with Crippen molar-refractivity contribution in [1.29, 1.82) is 0 Å². The summed E-state index contributed by atoms with van der Waals surface area (Å²) in [6.45, 7) is 7.53. The third-order valence-electron chi connectivity index (χ3n) is 1.59. The zero-order valence-corrected chi connectivity index (χ0v) is 10.1. The second-order valence-corrected chi connectivity index (χ2v) is 4.88. The predicted molar refractivity (Wildman–Crippen MR) is 59.7 cm³/mol. The van der Waals surface area contributed by atoms with Crippen molar-refractivity contribution in [2.75, 3.05) is 18.9 Å². The minimum absolute atomic E-state index is 0.120. The van der Waals surface area contributed by atoms with Crippen LogP contribution in [0.2, 0.25) is 0 Å². The smallest absolute Gasteiger partial charge is 0.133 e. The van der Waals surface area contributed by atoms with Gasteiger partial charge in [-0.2, -0.15) is 0 Å². The van der Waals surface area contributed by atoms with Crippen LogP contribution in [0.4, 0.5) is 5.00 Å². The van der Waals surface area contributed by atoms with E-state index in [1.54, 1.807) is 0 Å². The summed E-state index contributed by atoms with van der Waals surface area (Å²) < 4.78 is 14.6. The van der Waals surface area contributed by atoms with E-state index in [1.165, 1.54) is 11.5 Å². The van der Waals surface area contributed by atoms with Crippen LogP contribution in [0.15, 0.2) is 0 Å². The molecule has 6 heteroatoms. The van der Waals surface area contributed by atoms with Crippen molar-refractivity contribution < 1.29 is 9.47 Å². The fourth-order valence-electron chi connectivity index (χ4n) is 0.891. The lowest BCUT2D eigenvalue weighted by Gasteiger charge is -2.19. The third kappa shape index (κ3) is 5.06. The first-order chi connectivity index (χ1) is 6.99. The van der Waals surface area contributed by atoms with Crippen molar-refractivity contribution in [3.63, 3.8) is 0 Å². The molecule has 2 N–H and O–H groups in total. The van der Waals surface area contributed by atoms with E-state index in [9.17, 15) is 0 Å². The maximum Gasteiger partial charge on any atom is 0.133 e. The number of rotatable bonds is 5. The van der Waals surface area contributed by atoms with Crippen LogP contribution in [-0.2, 0) is 16.1 Å². The van der Waals surface area contributed by atoms with Gasteiger partial charge in [0.05, 0.1) is 25.4 Å². The molecule has 0 spiro atoms. The summed E-state index contributed by atoms with van der Waals surface area (Å²) in [5.41, 5.74) is 6.19. The number of anilines is 1. The molecule has 0 amide bonds. The molecule has 0 saturated carbocycles. The van der Waals surface area contributed by atoms with Gasteiger partial charge in [0.2, 0.25) is 0 Å². The summed E-state index contributed by atoms with van der Waals surface area (Å²) in [6.07, 6.45) is 0. The van der Waals surface area contributed by atoms with Gasteiger partial charge in [-0.25, -0.2) is 0 Å². The standard InChI is InChI=1S/C9H17N3O2S/c1-9(2,3)14-5-4-13-6-7-8(10)15-12-11-7/h4-6,10H2,1-3H3. The number of nitrogens with zero attached hydrogens (tertiary/aromatic N) is 2. The van der Waals surface area contributed by atoms with E-state index in [1.807, 2.05) is 20.8 Å². The maximum atomic E-state index is 5.61. The van der Waals surface area contributed by atoms with Crippen molar-refractivity contribution in [2.45, 2.75) is 33.0 Å². The van der Waals surface area contributed by atoms with Gasteiger partial charge in [0, 0.05) is 11.5 Å². The van der Waals surface area contributed by atoms with Gasteiger partial charge < -0.3 is 15.2 Å². The molecule has 5 nitrogen and oxygen atoms in total. The Morgan fingerprint density at radius 2 is 2.07 bits per heavy atom. The summed E-state index contributed by atoms with van der Waals surface area (Å²) >= 11 is 1.18. The number of hydrogen-bond donors (Lipinski definition) is 1. The van der Waals surface area contributed by atoms with Crippen molar-refractivity contribution >= 4 is 16.5 Å². The van der Waals surface area contributed by atoms with Gasteiger partial charge in [0.25, 0.3) is 0 Å². The number of nitrogen functional groups attached to an aromatic ring is 1. The first-order valence-corrected chi connectivity index (χ1v) is 5.55. The van der Waals surface area contributed by atoms with E-state index in [-0.39, 0.29) is 5.60 Å². The van der Waals surface area contributed by atoms with Crippen LogP contribution in [-0.4, -0.2) is 28.4 Å². The highest BCUT2D eigenvalue weighted by atomic mass is 32.1. The molecule has 0 unspecified atom stereocenters. The minimum Gasteiger partial charge on any atom is -0.388 e. The molecule has 1 rings (SSSR count). The minimum atomic E-state index is -0.120. The summed E-state index contributed by atoms with van der Waals surface area (Å²) in [4.78, 5) is 0. The Hall–Kier alpha value is -0.720. The van der Waals surface area contributed by atoms with Crippen LogP contribution in [0.1, 0.15) is 26.5 Å². The SMILES string of the molecule is CC(C)(C)OCCOCc1nnsc1N. The number of hydrogen-bond acceptors (Lipinski definition) is 6. The average Bonchev–Trinajstić information content (AvgIpc) is 2.49. The molecular weight excluding hydrogens is 214 g/mol. The summed E-state index contributed by atoms with van der Waals surface area (Å²) in [5.74, 6) is 0. The molecule has 0 aliphatic heterocycles. The molecule has 0 aliphatic carbocycles. The molecule has 0 atom stereocenters. The van der Waals surface area contributed by atoms with E-state index in [4.69, 9.17) is 15.2 Å². The maximum absolute atomic E-state index is 5.61. The Kier molecular flexibility index (Phi) is 4.44. The van der Waals surface area contributed by atoms with Crippen LogP contribution < -0.4 is 5.73 Å². The van der Waals surface area contributed by atoms with Crippen molar-refractivity contribution in [3.8, 4) is 0 Å². The highest BCUT2D eigenvalue weighted by molar-refractivity contribution is 7.09. The van der Waals surface area contributed by atoms with Gasteiger partial charge in [-0.1, -0.05) is 4.49 Å². The zero-order chi connectivity index (χ0) is 11.3. The Balaban J connectivity index is 2.10. The second kappa shape index (κ2) is 5.39. The molecule has 1 aromatic rings. The van der Waals surface area contributed by atoms with Crippen molar-refractivity contribution in [1.82, 2.24) is 9.59 Å². The molecule has 86 valence electrons. The fourth-order valence-corrected chi connectivity index (χ4v) is 1.32. The fraction of sp³-hybridized carbons (Fsp3) is 0.778. The summed E-state index contributed by atoms with van der Waals surface area (Å²) in [5, 5.41) is 4.46. The van der Waals surface area contributed by atoms with E-state index in [0.717, 1.165) is 0 Å². The number of ether oxygens (including phenoxy) is 2. The van der Waals surface area contributed by atoms with Crippen molar-refractivity contribution in [3.05, 3.63) is 5.69 Å². The predicted octanol–water partition coefficient (Wildman–Crippen LogP) is 1.45. The number of aromatic nitrogens is 2.